The molecule has 15 heavy (non-hydrogen) atoms. The Kier molecular flexibility index (Phi) is 3.20. The van der Waals surface area contributed by atoms with Crippen molar-refractivity contribution in [2.45, 2.75) is 32.4 Å². The van der Waals surface area contributed by atoms with E-state index in [4.69, 9.17) is 15.7 Å². The van der Waals surface area contributed by atoms with E-state index in [0.29, 0.717) is 13.1 Å². The molecule has 1 saturated heterocycles. The van der Waals surface area contributed by atoms with E-state index in [0.717, 1.165) is 0 Å². The Bertz CT molecular complexity index is 290. The SMILES string of the molecule is CC(C)(C)OC(=O)N1CC(N)C(C#N)C1. The average Bonchev–Trinajstić information content (AvgIpc) is 2.43. The minimum absolute atomic E-state index is 0.262. The molecule has 84 valence electrons. The monoisotopic (exact) mass is 211 g/mol. The predicted octanol–water partition coefficient (Wildman–Crippen LogP) is 0.704. The van der Waals surface area contributed by atoms with Gasteiger partial charge in [0.05, 0.1) is 12.0 Å². The van der Waals surface area contributed by atoms with Crippen molar-refractivity contribution in [3.05, 3.63) is 0 Å². The number of hydrogen-bond acceptors (Lipinski definition) is 4. The summed E-state index contributed by atoms with van der Waals surface area (Å²) in [6.07, 6.45) is -0.393. The van der Waals surface area contributed by atoms with E-state index in [1.807, 2.05) is 20.8 Å². The molecule has 2 unspecified atom stereocenters. The zero-order valence-electron chi connectivity index (χ0n) is 9.36. The standard InChI is InChI=1S/C10H17N3O2/c1-10(2,3)15-9(14)13-5-7(4-11)8(12)6-13/h7-8H,5-6,12H2,1-3H3. The second-order valence-corrected chi connectivity index (χ2v) is 4.78. The molecule has 0 saturated carbocycles. The van der Waals surface area contributed by atoms with Crippen molar-refractivity contribution < 1.29 is 9.53 Å². The summed E-state index contributed by atoms with van der Waals surface area (Å²) in [5, 5.41) is 8.76. The number of nitrogens with zero attached hydrogens (tertiary/aromatic N) is 2. The molecule has 1 aliphatic rings. The fraction of sp³-hybridized carbons (Fsp3) is 0.800. The van der Waals surface area contributed by atoms with Crippen molar-refractivity contribution in [1.29, 1.82) is 5.26 Å². The van der Waals surface area contributed by atoms with Crippen molar-refractivity contribution in [3.63, 3.8) is 0 Å². The number of hydrogen-bond donors (Lipinski definition) is 1. The lowest BCUT2D eigenvalue weighted by Gasteiger charge is -2.24. The molecule has 1 rings (SSSR count). The summed E-state index contributed by atoms with van der Waals surface area (Å²) in [4.78, 5) is 13.1. The van der Waals surface area contributed by atoms with Crippen LogP contribution in [0.4, 0.5) is 4.79 Å². The third-order valence-corrected chi connectivity index (χ3v) is 2.18. The molecule has 0 bridgehead atoms. The summed E-state index contributed by atoms with van der Waals surface area (Å²) in [5.41, 5.74) is 5.20. The van der Waals surface area contributed by atoms with E-state index >= 15 is 0 Å². The lowest BCUT2D eigenvalue weighted by molar-refractivity contribution is 0.0289. The second kappa shape index (κ2) is 4.07. The van der Waals surface area contributed by atoms with E-state index in [1.54, 1.807) is 0 Å². The van der Waals surface area contributed by atoms with Crippen LogP contribution in [0.5, 0.6) is 0 Å². The first-order valence-electron chi connectivity index (χ1n) is 4.96. The lowest BCUT2D eigenvalue weighted by Crippen LogP contribution is -2.36. The Labute approximate surface area is 89.8 Å². The van der Waals surface area contributed by atoms with E-state index in [-0.39, 0.29) is 12.0 Å². The van der Waals surface area contributed by atoms with E-state index < -0.39 is 11.7 Å². The first-order valence-corrected chi connectivity index (χ1v) is 4.96. The molecule has 1 aliphatic heterocycles. The molecular weight excluding hydrogens is 194 g/mol. The number of nitriles is 1. The highest BCUT2D eigenvalue weighted by Gasteiger charge is 2.35. The number of carbonyl (C=O) groups excluding carboxylic acids is 1. The molecule has 0 aliphatic carbocycles. The van der Waals surface area contributed by atoms with Crippen LogP contribution >= 0.6 is 0 Å². The summed E-state index contributed by atoms with van der Waals surface area (Å²) in [7, 11) is 0. The number of ether oxygens (including phenoxy) is 1. The highest BCUT2D eigenvalue weighted by molar-refractivity contribution is 5.68. The van der Waals surface area contributed by atoms with Crippen LogP contribution in [0.2, 0.25) is 0 Å². The van der Waals surface area contributed by atoms with Gasteiger partial charge in [0.15, 0.2) is 0 Å². The van der Waals surface area contributed by atoms with Crippen molar-refractivity contribution in [2.24, 2.45) is 11.7 Å². The maximum atomic E-state index is 11.6. The maximum absolute atomic E-state index is 11.6. The molecule has 1 amide bonds. The maximum Gasteiger partial charge on any atom is 0.410 e. The fourth-order valence-electron chi connectivity index (χ4n) is 1.44. The highest BCUT2D eigenvalue weighted by Crippen LogP contribution is 2.18. The molecule has 0 aromatic rings. The van der Waals surface area contributed by atoms with Gasteiger partial charge in [-0.2, -0.15) is 5.26 Å². The zero-order chi connectivity index (χ0) is 11.6. The summed E-state index contributed by atoms with van der Waals surface area (Å²) in [6, 6.07) is 1.83. The summed E-state index contributed by atoms with van der Waals surface area (Å²) < 4.78 is 5.18. The van der Waals surface area contributed by atoms with Gasteiger partial charge in [-0.25, -0.2) is 4.79 Å². The van der Waals surface area contributed by atoms with E-state index in [9.17, 15) is 4.79 Å². The number of amides is 1. The summed E-state index contributed by atoms with van der Waals surface area (Å²) in [6.45, 7) is 6.19. The number of carbonyl (C=O) groups is 1. The second-order valence-electron chi connectivity index (χ2n) is 4.78. The Morgan fingerprint density at radius 2 is 2.13 bits per heavy atom. The summed E-state index contributed by atoms with van der Waals surface area (Å²) in [5.74, 6) is -0.280. The number of rotatable bonds is 0. The smallest absolute Gasteiger partial charge is 0.410 e. The van der Waals surface area contributed by atoms with Crippen LogP contribution in [0.3, 0.4) is 0 Å². The summed E-state index contributed by atoms with van der Waals surface area (Å²) >= 11 is 0. The largest absolute Gasteiger partial charge is 0.444 e. The van der Waals surface area contributed by atoms with Crippen LogP contribution in [-0.2, 0) is 4.74 Å². The fourth-order valence-corrected chi connectivity index (χ4v) is 1.44. The molecule has 0 aromatic heterocycles. The van der Waals surface area contributed by atoms with Crippen molar-refractivity contribution in [1.82, 2.24) is 4.90 Å². The molecule has 1 heterocycles. The normalized spacial score (nSPS) is 26.2. The first-order chi connectivity index (χ1) is 6.83. The van der Waals surface area contributed by atoms with E-state index in [2.05, 4.69) is 6.07 Å². The van der Waals surface area contributed by atoms with Gasteiger partial charge in [-0.05, 0) is 20.8 Å². The zero-order valence-corrected chi connectivity index (χ0v) is 9.36. The molecular formula is C10H17N3O2. The van der Waals surface area contributed by atoms with Crippen molar-refractivity contribution in [2.75, 3.05) is 13.1 Å². The third kappa shape index (κ3) is 3.10. The van der Waals surface area contributed by atoms with Gasteiger partial charge in [-0.3, -0.25) is 0 Å². The quantitative estimate of drug-likeness (QED) is 0.639. The van der Waals surface area contributed by atoms with Gasteiger partial charge < -0.3 is 15.4 Å². The third-order valence-electron chi connectivity index (χ3n) is 2.18. The van der Waals surface area contributed by atoms with Crippen LogP contribution in [0, 0.1) is 17.2 Å². The van der Waals surface area contributed by atoms with Gasteiger partial charge in [0.25, 0.3) is 0 Å². The van der Waals surface area contributed by atoms with Gasteiger partial charge >= 0.3 is 6.09 Å². The van der Waals surface area contributed by atoms with Gasteiger partial charge in [-0.15, -0.1) is 0 Å². The molecule has 5 nitrogen and oxygen atoms in total. The van der Waals surface area contributed by atoms with Crippen LogP contribution in [-0.4, -0.2) is 35.7 Å². The Morgan fingerprint density at radius 1 is 1.53 bits per heavy atom. The number of nitrogens with two attached hydrogens (primary N) is 1. The molecule has 2 N–H and O–H groups in total. The van der Waals surface area contributed by atoms with Crippen molar-refractivity contribution in [3.8, 4) is 6.07 Å². The molecule has 0 aromatic carbocycles. The molecule has 5 heteroatoms. The van der Waals surface area contributed by atoms with Gasteiger partial charge in [0.2, 0.25) is 0 Å². The predicted molar refractivity (Wildman–Crippen MR) is 54.9 cm³/mol. The average molecular weight is 211 g/mol. The Balaban J connectivity index is 2.54. The van der Waals surface area contributed by atoms with E-state index in [1.165, 1.54) is 4.90 Å². The minimum Gasteiger partial charge on any atom is -0.444 e. The molecule has 1 fully saturated rings. The van der Waals surface area contributed by atoms with Gasteiger partial charge in [-0.1, -0.05) is 0 Å². The minimum atomic E-state index is -0.508. The van der Waals surface area contributed by atoms with Crippen LogP contribution in [0.15, 0.2) is 0 Å². The molecule has 2 atom stereocenters. The first kappa shape index (κ1) is 11.8. The van der Waals surface area contributed by atoms with Gasteiger partial charge in [0.1, 0.15) is 5.60 Å². The van der Waals surface area contributed by atoms with Crippen LogP contribution in [0.25, 0.3) is 0 Å². The topological polar surface area (TPSA) is 79.3 Å². The molecule has 0 spiro atoms. The molecule has 0 radical (unpaired) electrons. The van der Waals surface area contributed by atoms with Crippen molar-refractivity contribution >= 4 is 6.09 Å². The lowest BCUT2D eigenvalue weighted by atomic mass is 10.1. The van der Waals surface area contributed by atoms with Crippen LogP contribution in [0.1, 0.15) is 20.8 Å². The number of likely N-dealkylation sites (tertiary alicyclic amines) is 1. The van der Waals surface area contributed by atoms with Crippen LogP contribution < -0.4 is 5.73 Å². The Morgan fingerprint density at radius 3 is 2.53 bits per heavy atom. The highest BCUT2D eigenvalue weighted by atomic mass is 16.6. The Hall–Kier alpha value is -1.28. The van der Waals surface area contributed by atoms with Gasteiger partial charge in [0, 0.05) is 19.1 Å².